The Morgan fingerprint density at radius 1 is 1.19 bits per heavy atom. The Hall–Kier alpha value is -2.66. The summed E-state index contributed by atoms with van der Waals surface area (Å²) in [6.07, 6.45) is 1.55. The quantitative estimate of drug-likeness (QED) is 0.710. The lowest BCUT2D eigenvalue weighted by Gasteiger charge is -2.05. The number of rotatable bonds is 6. The molecule has 5 nitrogen and oxygen atoms in total. The Kier molecular flexibility index (Phi) is 4.94. The van der Waals surface area contributed by atoms with E-state index in [4.69, 9.17) is 11.6 Å². The second-order valence-electron chi connectivity index (χ2n) is 6.88. The lowest BCUT2D eigenvalue weighted by molar-refractivity contribution is -0.122. The number of nitrogens with one attached hydrogen (secondary N) is 1. The molecule has 6 heteroatoms. The summed E-state index contributed by atoms with van der Waals surface area (Å²) < 4.78 is 1.78. The average molecular weight is 381 g/mol. The van der Waals surface area contributed by atoms with Crippen LogP contribution in [0.2, 0.25) is 5.02 Å². The second-order valence-corrected chi connectivity index (χ2v) is 7.32. The van der Waals surface area contributed by atoms with Crippen molar-refractivity contribution in [3.05, 3.63) is 71.0 Å². The Labute approximate surface area is 163 Å². The third-order valence-electron chi connectivity index (χ3n) is 4.96. The highest BCUT2D eigenvalue weighted by atomic mass is 35.5. The second kappa shape index (κ2) is 7.53. The fourth-order valence-electron chi connectivity index (χ4n) is 3.34. The fraction of sp³-hybridized carbons (Fsp3) is 0.286. The first-order chi connectivity index (χ1) is 13.1. The molecule has 0 aliphatic heterocycles. The number of benzene rings is 2. The van der Waals surface area contributed by atoms with Crippen LogP contribution in [0.3, 0.4) is 0 Å². The van der Waals surface area contributed by atoms with E-state index in [1.807, 2.05) is 61.6 Å². The maximum atomic E-state index is 12.4. The van der Waals surface area contributed by atoms with E-state index in [0.29, 0.717) is 24.7 Å². The number of halogens is 1. The number of amides is 1. The molecule has 2 aromatic carbocycles. The minimum absolute atomic E-state index is 0.0607. The molecule has 1 saturated carbocycles. The molecule has 0 spiro atoms. The van der Waals surface area contributed by atoms with Crippen molar-refractivity contribution in [3.8, 4) is 11.4 Å². The van der Waals surface area contributed by atoms with E-state index < -0.39 is 0 Å². The molecule has 138 valence electrons. The van der Waals surface area contributed by atoms with E-state index in [0.717, 1.165) is 22.8 Å². The van der Waals surface area contributed by atoms with Gasteiger partial charge in [-0.2, -0.15) is 5.10 Å². The van der Waals surface area contributed by atoms with Gasteiger partial charge in [0, 0.05) is 36.5 Å². The molecule has 0 radical (unpaired) electrons. The van der Waals surface area contributed by atoms with Crippen LogP contribution in [0, 0.1) is 5.92 Å². The highest BCUT2D eigenvalue weighted by Gasteiger charge is 2.43. The van der Waals surface area contributed by atoms with Crippen LogP contribution >= 0.6 is 11.6 Å². The Morgan fingerprint density at radius 3 is 2.67 bits per heavy atom. The summed E-state index contributed by atoms with van der Waals surface area (Å²) in [5.41, 5.74) is 2.17. The van der Waals surface area contributed by atoms with Crippen LogP contribution in [0.4, 0.5) is 0 Å². The largest absolute Gasteiger partial charge is 0.355 e. The van der Waals surface area contributed by atoms with Crippen molar-refractivity contribution in [3.63, 3.8) is 0 Å². The van der Waals surface area contributed by atoms with Gasteiger partial charge in [0.15, 0.2) is 5.82 Å². The number of hydrogen-bond acceptors (Lipinski definition) is 3. The van der Waals surface area contributed by atoms with Gasteiger partial charge in [-0.1, -0.05) is 54.1 Å². The van der Waals surface area contributed by atoms with Crippen LogP contribution in [0.25, 0.3) is 11.4 Å². The molecule has 1 amide bonds. The normalized spacial score (nSPS) is 18.3. The standard InChI is InChI=1S/C21H21ClN4O/c1-26-19(24-20(25-26)15-5-3-2-4-6-15)11-12-23-21(27)18-13-17(18)14-7-9-16(22)10-8-14/h2-10,17-18H,11-13H2,1H3,(H,23,27)/t17-,18-/m1/s1. The first kappa shape index (κ1) is 17.7. The molecule has 1 aromatic heterocycles. The topological polar surface area (TPSA) is 59.8 Å². The molecule has 0 unspecified atom stereocenters. The molecule has 0 bridgehead atoms. The molecule has 0 saturated heterocycles. The maximum Gasteiger partial charge on any atom is 0.223 e. The van der Waals surface area contributed by atoms with Gasteiger partial charge in [-0.3, -0.25) is 9.48 Å². The molecule has 27 heavy (non-hydrogen) atoms. The molecule has 1 heterocycles. The summed E-state index contributed by atoms with van der Waals surface area (Å²) >= 11 is 5.92. The average Bonchev–Trinajstić information content (AvgIpc) is 3.40. The minimum atomic E-state index is 0.0607. The minimum Gasteiger partial charge on any atom is -0.355 e. The molecule has 4 rings (SSSR count). The first-order valence-electron chi connectivity index (χ1n) is 9.10. The van der Waals surface area contributed by atoms with Crippen LogP contribution in [-0.4, -0.2) is 27.2 Å². The van der Waals surface area contributed by atoms with Crippen molar-refractivity contribution in [2.24, 2.45) is 13.0 Å². The van der Waals surface area contributed by atoms with Crippen LogP contribution in [-0.2, 0) is 18.3 Å². The zero-order valence-corrected chi connectivity index (χ0v) is 15.9. The third-order valence-corrected chi connectivity index (χ3v) is 5.21. The van der Waals surface area contributed by atoms with Gasteiger partial charge in [0.05, 0.1) is 0 Å². The molecule has 2 atom stereocenters. The van der Waals surface area contributed by atoms with Crippen molar-refractivity contribution in [1.82, 2.24) is 20.1 Å². The number of hydrogen-bond donors (Lipinski definition) is 1. The lowest BCUT2D eigenvalue weighted by atomic mass is 10.1. The van der Waals surface area contributed by atoms with Crippen molar-refractivity contribution in [1.29, 1.82) is 0 Å². The van der Waals surface area contributed by atoms with Gasteiger partial charge in [0.1, 0.15) is 5.82 Å². The van der Waals surface area contributed by atoms with Crippen molar-refractivity contribution < 1.29 is 4.79 Å². The number of carbonyl (C=O) groups is 1. The van der Waals surface area contributed by atoms with E-state index in [2.05, 4.69) is 15.4 Å². The molecule has 1 N–H and O–H groups in total. The highest BCUT2D eigenvalue weighted by Crippen LogP contribution is 2.47. The van der Waals surface area contributed by atoms with Gasteiger partial charge in [-0.15, -0.1) is 0 Å². The number of aryl methyl sites for hydroxylation is 1. The highest BCUT2D eigenvalue weighted by molar-refractivity contribution is 6.30. The Morgan fingerprint density at radius 2 is 1.93 bits per heavy atom. The fourth-order valence-corrected chi connectivity index (χ4v) is 3.46. The third kappa shape index (κ3) is 4.03. The molecule has 3 aromatic rings. The molecule has 1 aliphatic carbocycles. The van der Waals surface area contributed by atoms with Crippen LogP contribution in [0.1, 0.15) is 23.7 Å². The van der Waals surface area contributed by atoms with E-state index in [-0.39, 0.29) is 11.8 Å². The van der Waals surface area contributed by atoms with Gasteiger partial charge in [0.2, 0.25) is 5.91 Å². The molecular formula is C21H21ClN4O. The summed E-state index contributed by atoms with van der Waals surface area (Å²) in [6, 6.07) is 17.7. The van der Waals surface area contributed by atoms with E-state index >= 15 is 0 Å². The van der Waals surface area contributed by atoms with Gasteiger partial charge in [-0.05, 0) is 30.0 Å². The van der Waals surface area contributed by atoms with E-state index in [1.54, 1.807) is 4.68 Å². The summed E-state index contributed by atoms with van der Waals surface area (Å²) in [6.45, 7) is 0.559. The number of nitrogens with zero attached hydrogens (tertiary/aromatic N) is 3. The summed E-state index contributed by atoms with van der Waals surface area (Å²) in [7, 11) is 1.88. The van der Waals surface area contributed by atoms with Crippen LogP contribution in [0.15, 0.2) is 54.6 Å². The number of carbonyl (C=O) groups excluding carboxylic acids is 1. The zero-order chi connectivity index (χ0) is 18.8. The molecular weight excluding hydrogens is 360 g/mol. The molecule has 1 aliphatic rings. The van der Waals surface area contributed by atoms with E-state index in [9.17, 15) is 4.79 Å². The monoisotopic (exact) mass is 380 g/mol. The van der Waals surface area contributed by atoms with Crippen molar-refractivity contribution in [2.75, 3.05) is 6.54 Å². The van der Waals surface area contributed by atoms with Gasteiger partial charge in [-0.25, -0.2) is 4.98 Å². The Bertz CT molecular complexity index is 937. The van der Waals surface area contributed by atoms with Gasteiger partial charge in [0.25, 0.3) is 0 Å². The maximum absolute atomic E-state index is 12.4. The first-order valence-corrected chi connectivity index (χ1v) is 9.48. The Balaban J connectivity index is 1.30. The lowest BCUT2D eigenvalue weighted by Crippen LogP contribution is -2.28. The SMILES string of the molecule is Cn1nc(-c2ccccc2)nc1CCNC(=O)[C@@H]1C[C@@H]1c1ccc(Cl)cc1. The van der Waals surface area contributed by atoms with Gasteiger partial charge < -0.3 is 5.32 Å². The summed E-state index contributed by atoms with van der Waals surface area (Å²) in [5, 5.41) is 8.22. The van der Waals surface area contributed by atoms with Gasteiger partial charge >= 0.3 is 0 Å². The summed E-state index contributed by atoms with van der Waals surface area (Å²) in [5.74, 6) is 2.05. The van der Waals surface area contributed by atoms with Crippen molar-refractivity contribution >= 4 is 17.5 Å². The predicted molar refractivity (Wildman–Crippen MR) is 105 cm³/mol. The van der Waals surface area contributed by atoms with Crippen LogP contribution < -0.4 is 5.32 Å². The number of aromatic nitrogens is 3. The summed E-state index contributed by atoms with van der Waals surface area (Å²) in [4.78, 5) is 17.0. The smallest absolute Gasteiger partial charge is 0.223 e. The van der Waals surface area contributed by atoms with Crippen molar-refractivity contribution in [2.45, 2.75) is 18.8 Å². The molecule has 1 fully saturated rings. The zero-order valence-electron chi connectivity index (χ0n) is 15.1. The van der Waals surface area contributed by atoms with E-state index in [1.165, 1.54) is 5.56 Å². The predicted octanol–water partition coefficient (Wildman–Crippen LogP) is 3.60. The van der Waals surface area contributed by atoms with Crippen LogP contribution in [0.5, 0.6) is 0 Å².